The molecule has 214 valence electrons. The van der Waals surface area contributed by atoms with Gasteiger partial charge in [-0.1, -0.05) is 35.9 Å². The summed E-state index contributed by atoms with van der Waals surface area (Å²) in [6, 6.07) is 12.2. The molecule has 0 radical (unpaired) electrons. The van der Waals surface area contributed by atoms with E-state index in [1.165, 1.54) is 30.5 Å². The Labute approximate surface area is 237 Å². The predicted octanol–water partition coefficient (Wildman–Crippen LogP) is 2.58. The number of ether oxygens (including phenoxy) is 1. The number of aliphatic hydroxyl groups excluding tert-OH is 3. The van der Waals surface area contributed by atoms with Gasteiger partial charge in [0.1, 0.15) is 16.5 Å². The molecule has 2 heterocycles. The van der Waals surface area contributed by atoms with Crippen molar-refractivity contribution in [1.29, 1.82) is 0 Å². The van der Waals surface area contributed by atoms with Gasteiger partial charge in [0, 0.05) is 49.6 Å². The van der Waals surface area contributed by atoms with E-state index in [0.717, 1.165) is 5.56 Å². The van der Waals surface area contributed by atoms with E-state index in [1.54, 1.807) is 30.5 Å². The fourth-order valence-corrected chi connectivity index (χ4v) is 6.93. The van der Waals surface area contributed by atoms with Crippen LogP contribution in [0.1, 0.15) is 18.4 Å². The first kappa shape index (κ1) is 28.9. The van der Waals surface area contributed by atoms with Crippen LogP contribution in [-0.4, -0.2) is 78.2 Å². The molecule has 1 spiro atoms. The van der Waals surface area contributed by atoms with Crippen LogP contribution in [-0.2, 0) is 16.6 Å². The minimum Gasteiger partial charge on any atom is -0.492 e. The number of sulfonamides is 1. The van der Waals surface area contributed by atoms with Gasteiger partial charge in [-0.2, -0.15) is 0 Å². The van der Waals surface area contributed by atoms with Gasteiger partial charge in [0.2, 0.25) is 10.0 Å². The number of hydrogen-bond donors (Lipinski definition) is 4. The normalized spacial score (nSPS) is 27.4. The molecule has 2 aliphatic rings. The minimum absolute atomic E-state index is 0.00213. The number of rotatable bonds is 3. The lowest BCUT2D eigenvalue weighted by atomic mass is 9.85. The van der Waals surface area contributed by atoms with Gasteiger partial charge in [-0.05, 0) is 48.2 Å². The Morgan fingerprint density at radius 1 is 1.12 bits per heavy atom. The average Bonchev–Trinajstić information content (AvgIpc) is 3.20. The Morgan fingerprint density at radius 3 is 2.60 bits per heavy atom. The summed E-state index contributed by atoms with van der Waals surface area (Å²) in [6.45, 7) is 0.407. The van der Waals surface area contributed by atoms with Gasteiger partial charge in [-0.3, -0.25) is 9.88 Å². The maximum atomic E-state index is 14.6. The molecular formula is C28H31ClFN3O6S. The zero-order valence-electron chi connectivity index (χ0n) is 21.6. The van der Waals surface area contributed by atoms with Crippen LogP contribution < -0.4 is 9.46 Å². The molecule has 1 aliphatic carbocycles. The van der Waals surface area contributed by atoms with E-state index in [-0.39, 0.29) is 48.7 Å². The molecule has 2 aromatic carbocycles. The van der Waals surface area contributed by atoms with Crippen LogP contribution in [0.15, 0.2) is 65.8 Å². The first-order valence-electron chi connectivity index (χ1n) is 12.9. The topological polar surface area (TPSA) is 132 Å². The number of aliphatic hydroxyl groups is 3. The van der Waals surface area contributed by atoms with E-state index < -0.39 is 39.6 Å². The highest BCUT2D eigenvalue weighted by atomic mass is 35.5. The van der Waals surface area contributed by atoms with Gasteiger partial charge in [0.05, 0.1) is 29.9 Å². The summed E-state index contributed by atoms with van der Waals surface area (Å²) in [6.07, 6.45) is 0.435. The van der Waals surface area contributed by atoms with Gasteiger partial charge >= 0.3 is 0 Å². The maximum absolute atomic E-state index is 14.6. The average molecular weight is 592 g/mol. The lowest BCUT2D eigenvalue weighted by molar-refractivity contribution is 0.0427. The molecule has 4 N–H and O–H groups in total. The molecule has 1 aromatic heterocycles. The third-order valence-corrected chi connectivity index (χ3v) is 9.27. The monoisotopic (exact) mass is 591 g/mol. The standard InChI is InChI=1S/C28H31ClFN3O6S/c29-22-13-31-8-7-19(22)14-33-15-20(34)12-32-40(37,38)27-6-5-18(21-3-1-2-4-23(21)30)9-26(27)39-17-28(16-33)10-24(35)25(36)11-28/h1-9,13,20,24-25,32,34-36H,10-12,14-17H2/t20-,24-,25+,28?/m0/s1. The van der Waals surface area contributed by atoms with Crippen molar-refractivity contribution in [2.24, 2.45) is 5.41 Å². The molecule has 3 aromatic rings. The summed E-state index contributed by atoms with van der Waals surface area (Å²) in [7, 11) is -4.13. The second kappa shape index (κ2) is 11.7. The van der Waals surface area contributed by atoms with Gasteiger partial charge in [0.25, 0.3) is 0 Å². The highest BCUT2D eigenvalue weighted by Crippen LogP contribution is 2.42. The number of hydrogen-bond acceptors (Lipinski definition) is 8. The van der Waals surface area contributed by atoms with E-state index in [2.05, 4.69) is 9.71 Å². The largest absolute Gasteiger partial charge is 0.492 e. The van der Waals surface area contributed by atoms with Crippen LogP contribution in [0, 0.1) is 11.2 Å². The van der Waals surface area contributed by atoms with E-state index in [0.29, 0.717) is 23.7 Å². The fraction of sp³-hybridized carbons (Fsp3) is 0.393. The molecule has 1 unspecified atom stereocenters. The summed E-state index contributed by atoms with van der Waals surface area (Å²) in [4.78, 5) is 5.76. The molecule has 0 saturated heterocycles. The summed E-state index contributed by atoms with van der Waals surface area (Å²) in [5, 5.41) is 32.4. The van der Waals surface area contributed by atoms with Gasteiger partial charge < -0.3 is 20.1 Å². The van der Waals surface area contributed by atoms with Crippen molar-refractivity contribution in [3.8, 4) is 16.9 Å². The molecule has 40 heavy (non-hydrogen) atoms. The smallest absolute Gasteiger partial charge is 0.244 e. The van der Waals surface area contributed by atoms with Crippen molar-refractivity contribution in [3.05, 3.63) is 77.3 Å². The summed E-state index contributed by atoms with van der Waals surface area (Å²) >= 11 is 6.35. The zero-order chi connectivity index (χ0) is 28.5. The predicted molar refractivity (Wildman–Crippen MR) is 147 cm³/mol. The number of pyridine rings is 1. The van der Waals surface area contributed by atoms with Gasteiger partial charge in [0.15, 0.2) is 0 Å². The number of benzene rings is 2. The van der Waals surface area contributed by atoms with Crippen LogP contribution in [0.5, 0.6) is 5.75 Å². The van der Waals surface area contributed by atoms with Crippen molar-refractivity contribution >= 4 is 21.6 Å². The Morgan fingerprint density at radius 2 is 1.88 bits per heavy atom. The van der Waals surface area contributed by atoms with Crippen LogP contribution in [0.3, 0.4) is 0 Å². The molecular weight excluding hydrogens is 561 g/mol. The Kier molecular flexibility index (Phi) is 8.44. The van der Waals surface area contributed by atoms with Crippen LogP contribution in [0.4, 0.5) is 4.39 Å². The number of nitrogens with zero attached hydrogens (tertiary/aromatic N) is 2. The third-order valence-electron chi connectivity index (χ3n) is 7.47. The van der Waals surface area contributed by atoms with Crippen LogP contribution >= 0.6 is 11.6 Å². The van der Waals surface area contributed by atoms with Crippen molar-refractivity contribution in [2.75, 3.05) is 26.2 Å². The number of nitrogens with one attached hydrogen (secondary N) is 1. The second-order valence-electron chi connectivity index (χ2n) is 10.6. The van der Waals surface area contributed by atoms with Crippen LogP contribution in [0.25, 0.3) is 11.1 Å². The molecule has 5 rings (SSSR count). The van der Waals surface area contributed by atoms with Crippen molar-refractivity contribution in [1.82, 2.24) is 14.6 Å². The molecule has 1 fully saturated rings. The SMILES string of the molecule is O=S1(=O)NC[C@H](O)CN(Cc2ccncc2Cl)CC2(COc3cc(-c4ccccc4F)ccc31)C[C@@H](O)[C@@H](O)C2. The maximum Gasteiger partial charge on any atom is 0.244 e. The van der Waals surface area contributed by atoms with E-state index >= 15 is 0 Å². The molecule has 12 heteroatoms. The summed E-state index contributed by atoms with van der Waals surface area (Å²) in [5.41, 5.74) is 0.669. The number of halogens is 2. The second-order valence-corrected chi connectivity index (χ2v) is 12.8. The summed E-state index contributed by atoms with van der Waals surface area (Å²) < 4.78 is 49.8. The van der Waals surface area contributed by atoms with E-state index in [4.69, 9.17) is 16.3 Å². The molecule has 1 saturated carbocycles. The number of fused-ring (bicyclic) bond motifs is 1. The minimum atomic E-state index is -4.13. The molecule has 9 nitrogen and oxygen atoms in total. The van der Waals surface area contributed by atoms with Gasteiger partial charge in [-0.25, -0.2) is 17.5 Å². The zero-order valence-corrected chi connectivity index (χ0v) is 23.2. The van der Waals surface area contributed by atoms with Crippen molar-refractivity contribution in [3.63, 3.8) is 0 Å². The highest BCUT2D eigenvalue weighted by Gasteiger charge is 2.46. The van der Waals surface area contributed by atoms with Crippen LogP contribution in [0.2, 0.25) is 5.02 Å². The molecule has 0 bridgehead atoms. The highest BCUT2D eigenvalue weighted by molar-refractivity contribution is 7.89. The Hall–Kier alpha value is -2.64. The summed E-state index contributed by atoms with van der Waals surface area (Å²) in [5.74, 6) is -0.467. The lowest BCUT2D eigenvalue weighted by Gasteiger charge is -2.37. The Balaban J connectivity index is 1.55. The molecule has 1 aliphatic heterocycles. The fourth-order valence-electron chi connectivity index (χ4n) is 5.55. The van der Waals surface area contributed by atoms with Gasteiger partial charge in [-0.15, -0.1) is 0 Å². The van der Waals surface area contributed by atoms with E-state index in [1.807, 2.05) is 4.90 Å². The first-order chi connectivity index (χ1) is 19.1. The quantitative estimate of drug-likeness (QED) is 0.365. The van der Waals surface area contributed by atoms with Crippen molar-refractivity contribution < 1.29 is 32.9 Å². The van der Waals surface area contributed by atoms with E-state index in [9.17, 15) is 28.1 Å². The van der Waals surface area contributed by atoms with Crippen molar-refractivity contribution in [2.45, 2.75) is 42.6 Å². The molecule has 0 amide bonds. The number of aromatic nitrogens is 1. The Bertz CT molecular complexity index is 1470. The molecule has 4 atom stereocenters. The first-order valence-corrected chi connectivity index (χ1v) is 14.8. The number of β-amino-alcohol motifs (C(OH)–C–C–N with tert-alkyl or cyclic N) is 1. The lowest BCUT2D eigenvalue weighted by Crippen LogP contribution is -2.46. The third kappa shape index (κ3) is 6.31.